The summed E-state index contributed by atoms with van der Waals surface area (Å²) < 4.78 is 5.50. The van der Waals surface area contributed by atoms with Crippen molar-refractivity contribution in [1.29, 1.82) is 0 Å². The molecule has 12 heteroatoms. The van der Waals surface area contributed by atoms with Gasteiger partial charge in [-0.05, 0) is 88.7 Å². The van der Waals surface area contributed by atoms with Gasteiger partial charge in [-0.15, -0.1) is 0 Å². The van der Waals surface area contributed by atoms with Gasteiger partial charge in [-0.3, -0.25) is 24.4 Å². The van der Waals surface area contributed by atoms with Crippen LogP contribution in [0.1, 0.15) is 49.7 Å². The SMILES string of the molecule is C=C(CN(C)C(C)(C)C)C(=O)NC1CCCN(Cc2ccnc(C(=O)Nc3ccc(-c4cc5c(N6CCOCC6)ncnc5[nH]4)cc3)c2)C1. The molecule has 3 aromatic heterocycles. The van der Waals surface area contributed by atoms with E-state index in [4.69, 9.17) is 4.74 Å². The Morgan fingerprint density at radius 1 is 1.06 bits per heavy atom. The smallest absolute Gasteiger partial charge is 0.274 e. The van der Waals surface area contributed by atoms with Crippen LogP contribution < -0.4 is 15.5 Å². The molecule has 3 N–H and O–H groups in total. The third-order valence-electron chi connectivity index (χ3n) is 9.37. The van der Waals surface area contributed by atoms with Crippen LogP contribution in [0.5, 0.6) is 0 Å². The molecule has 0 spiro atoms. The van der Waals surface area contributed by atoms with Gasteiger partial charge in [0.1, 0.15) is 23.5 Å². The Balaban J connectivity index is 1.04. The number of aromatic amines is 1. The Hall–Kier alpha value is -4.65. The van der Waals surface area contributed by atoms with Gasteiger partial charge in [0.2, 0.25) is 5.91 Å². The van der Waals surface area contributed by atoms with E-state index in [1.54, 1.807) is 12.5 Å². The van der Waals surface area contributed by atoms with Crippen LogP contribution in [-0.4, -0.2) is 106 Å². The fourth-order valence-electron chi connectivity index (χ4n) is 6.19. The highest BCUT2D eigenvalue weighted by Crippen LogP contribution is 2.30. The molecule has 5 heterocycles. The molecule has 1 atom stereocenters. The zero-order valence-corrected chi connectivity index (χ0v) is 29.0. The third-order valence-corrected chi connectivity index (χ3v) is 9.37. The van der Waals surface area contributed by atoms with Crippen LogP contribution in [-0.2, 0) is 16.1 Å². The monoisotopic (exact) mass is 665 g/mol. The number of amides is 2. The minimum atomic E-state index is -0.270. The van der Waals surface area contributed by atoms with Crippen molar-refractivity contribution in [3.05, 3.63) is 78.4 Å². The number of pyridine rings is 1. The molecule has 0 aliphatic carbocycles. The molecule has 12 nitrogen and oxygen atoms in total. The summed E-state index contributed by atoms with van der Waals surface area (Å²) in [6.45, 7) is 16.2. The predicted molar refractivity (Wildman–Crippen MR) is 193 cm³/mol. The third kappa shape index (κ3) is 8.51. The fourth-order valence-corrected chi connectivity index (χ4v) is 6.19. The largest absolute Gasteiger partial charge is 0.378 e. The molecule has 49 heavy (non-hydrogen) atoms. The van der Waals surface area contributed by atoms with Gasteiger partial charge in [0.05, 0.1) is 18.6 Å². The molecular weight excluding hydrogens is 618 g/mol. The summed E-state index contributed by atoms with van der Waals surface area (Å²) in [4.78, 5) is 49.5. The van der Waals surface area contributed by atoms with E-state index in [-0.39, 0.29) is 23.4 Å². The molecule has 2 aliphatic rings. The summed E-state index contributed by atoms with van der Waals surface area (Å²) in [6.07, 6.45) is 5.17. The first-order valence-corrected chi connectivity index (χ1v) is 17.0. The first-order valence-electron chi connectivity index (χ1n) is 17.0. The summed E-state index contributed by atoms with van der Waals surface area (Å²) in [5.74, 6) is 0.545. The van der Waals surface area contributed by atoms with Crippen LogP contribution in [0.2, 0.25) is 0 Å². The Labute approximate surface area is 288 Å². The number of morpholine rings is 1. The molecule has 0 radical (unpaired) electrons. The summed E-state index contributed by atoms with van der Waals surface area (Å²) in [6, 6.07) is 13.6. The lowest BCUT2D eigenvalue weighted by Gasteiger charge is -2.34. The second-order valence-electron chi connectivity index (χ2n) is 14.0. The van der Waals surface area contributed by atoms with E-state index < -0.39 is 0 Å². The van der Waals surface area contributed by atoms with Crippen molar-refractivity contribution >= 4 is 34.4 Å². The minimum absolute atomic E-state index is 0.0423. The Morgan fingerprint density at radius 3 is 2.59 bits per heavy atom. The fraction of sp³-hybridized carbons (Fsp3) is 0.432. The summed E-state index contributed by atoms with van der Waals surface area (Å²) in [5, 5.41) is 7.14. The van der Waals surface area contributed by atoms with Crippen LogP contribution in [0.15, 0.2) is 67.1 Å². The van der Waals surface area contributed by atoms with E-state index in [1.807, 2.05) is 43.4 Å². The van der Waals surface area contributed by atoms with Gasteiger partial charge in [-0.1, -0.05) is 18.7 Å². The van der Waals surface area contributed by atoms with Gasteiger partial charge < -0.3 is 25.3 Å². The topological polar surface area (TPSA) is 132 Å². The number of aromatic nitrogens is 4. The van der Waals surface area contributed by atoms with Crippen molar-refractivity contribution in [2.45, 2.75) is 51.7 Å². The number of likely N-dealkylation sites (tertiary alicyclic amines) is 1. The molecule has 6 rings (SSSR count). The highest BCUT2D eigenvalue weighted by molar-refractivity contribution is 6.03. The average molecular weight is 666 g/mol. The first-order chi connectivity index (χ1) is 23.5. The first kappa shape index (κ1) is 34.2. The van der Waals surface area contributed by atoms with Gasteiger partial charge in [-0.25, -0.2) is 9.97 Å². The quantitative estimate of drug-likeness (QED) is 0.210. The number of H-pyrrole nitrogens is 1. The standard InChI is InChI=1S/C37H47N9O3/c1-25(21-44(5)37(2,3)4)35(47)42-29-7-6-14-45(23-29)22-26-12-13-38-32(19-26)36(48)41-28-10-8-27(9-11-28)31-20-30-33(43-31)39-24-40-34(30)46-15-17-49-18-16-46/h8-13,19-20,24,29H,1,6-7,14-18,21-23H2,2-5H3,(H,41,48)(H,42,47)(H,39,40,43). The maximum absolute atomic E-state index is 13.2. The number of piperidine rings is 1. The second-order valence-corrected chi connectivity index (χ2v) is 14.0. The van der Waals surface area contributed by atoms with Gasteiger partial charge in [0, 0.05) is 67.5 Å². The summed E-state index contributed by atoms with van der Waals surface area (Å²) >= 11 is 0. The molecular formula is C37H47N9O3. The maximum atomic E-state index is 13.2. The number of nitrogens with zero attached hydrogens (tertiary/aromatic N) is 6. The molecule has 2 fully saturated rings. The molecule has 0 saturated carbocycles. The number of carbonyl (C=O) groups excluding carboxylic acids is 2. The van der Waals surface area contributed by atoms with Crippen LogP contribution >= 0.6 is 0 Å². The molecule has 2 amide bonds. The zero-order valence-electron chi connectivity index (χ0n) is 29.0. The van der Waals surface area contributed by atoms with Crippen LogP contribution in [0.25, 0.3) is 22.3 Å². The van der Waals surface area contributed by atoms with Gasteiger partial charge in [0.15, 0.2) is 0 Å². The Bertz CT molecular complexity index is 1790. The van der Waals surface area contributed by atoms with Gasteiger partial charge in [0.25, 0.3) is 5.91 Å². The summed E-state index contributed by atoms with van der Waals surface area (Å²) in [7, 11) is 2.00. The maximum Gasteiger partial charge on any atom is 0.274 e. The molecule has 2 saturated heterocycles. The molecule has 2 aliphatic heterocycles. The second kappa shape index (κ2) is 14.9. The van der Waals surface area contributed by atoms with Crippen molar-refractivity contribution in [2.75, 3.05) is 63.2 Å². The molecule has 0 bridgehead atoms. The van der Waals surface area contributed by atoms with Gasteiger partial charge in [-0.2, -0.15) is 0 Å². The number of hydrogen-bond acceptors (Lipinski definition) is 9. The number of nitrogens with one attached hydrogen (secondary N) is 3. The average Bonchev–Trinajstić information content (AvgIpc) is 3.53. The number of anilines is 2. The van der Waals surface area contributed by atoms with E-state index >= 15 is 0 Å². The molecule has 258 valence electrons. The van der Waals surface area contributed by atoms with Crippen molar-refractivity contribution in [2.24, 2.45) is 0 Å². The van der Waals surface area contributed by atoms with Crippen LogP contribution in [0, 0.1) is 0 Å². The Morgan fingerprint density at radius 2 is 1.84 bits per heavy atom. The summed E-state index contributed by atoms with van der Waals surface area (Å²) in [5.41, 5.74) is 5.24. The number of likely N-dealkylation sites (N-methyl/N-ethyl adjacent to an activating group) is 1. The minimum Gasteiger partial charge on any atom is -0.378 e. The number of carbonyl (C=O) groups is 2. The highest BCUT2D eigenvalue weighted by atomic mass is 16.5. The number of benzene rings is 1. The van der Waals surface area contributed by atoms with Crippen molar-refractivity contribution in [1.82, 2.24) is 35.1 Å². The number of hydrogen-bond donors (Lipinski definition) is 3. The Kier molecular flexibility index (Phi) is 10.4. The van der Waals surface area contributed by atoms with E-state index in [0.717, 1.165) is 72.7 Å². The molecule has 4 aromatic rings. The van der Waals surface area contributed by atoms with Crippen molar-refractivity contribution in [3.63, 3.8) is 0 Å². The van der Waals surface area contributed by atoms with Crippen LogP contribution in [0.4, 0.5) is 11.5 Å². The molecule has 1 unspecified atom stereocenters. The van der Waals surface area contributed by atoms with E-state index in [1.165, 1.54) is 0 Å². The lowest BCUT2D eigenvalue weighted by Crippen LogP contribution is -2.49. The van der Waals surface area contributed by atoms with E-state index in [0.29, 0.717) is 43.3 Å². The number of ether oxygens (including phenoxy) is 1. The number of fused-ring (bicyclic) bond motifs is 1. The van der Waals surface area contributed by atoms with Gasteiger partial charge >= 0.3 is 0 Å². The molecule has 1 aromatic carbocycles. The zero-order chi connectivity index (χ0) is 34.5. The lowest BCUT2D eigenvalue weighted by molar-refractivity contribution is -0.118. The highest BCUT2D eigenvalue weighted by Gasteiger charge is 2.25. The predicted octanol–water partition coefficient (Wildman–Crippen LogP) is 4.48. The van der Waals surface area contributed by atoms with Crippen molar-refractivity contribution in [3.8, 4) is 11.3 Å². The van der Waals surface area contributed by atoms with E-state index in [9.17, 15) is 9.59 Å². The lowest BCUT2D eigenvalue weighted by atomic mass is 10.0. The normalized spacial score (nSPS) is 17.3. The van der Waals surface area contributed by atoms with Crippen molar-refractivity contribution < 1.29 is 14.3 Å². The van der Waals surface area contributed by atoms with E-state index in [2.05, 4.69) is 78.7 Å². The number of rotatable bonds is 10. The van der Waals surface area contributed by atoms with Crippen LogP contribution in [0.3, 0.4) is 0 Å².